The molecular weight excluding hydrogens is 248 g/mol. The van der Waals surface area contributed by atoms with E-state index >= 15 is 0 Å². The second-order valence-electron chi connectivity index (χ2n) is 4.37. The maximum absolute atomic E-state index is 12.0. The maximum Gasteiger partial charge on any atom is 0.330 e. The predicted octanol–water partition coefficient (Wildman–Crippen LogP) is 1.10. The fraction of sp³-hybridized carbons (Fsp3) is 0.769. The fourth-order valence-corrected chi connectivity index (χ4v) is 2.19. The fourth-order valence-electron chi connectivity index (χ4n) is 2.19. The van der Waals surface area contributed by atoms with E-state index < -0.39 is 12.0 Å². The highest BCUT2D eigenvalue weighted by Gasteiger charge is 2.39. The lowest BCUT2D eigenvalue weighted by Gasteiger charge is -2.42. The first-order chi connectivity index (χ1) is 9.06. The van der Waals surface area contributed by atoms with E-state index in [-0.39, 0.29) is 24.8 Å². The number of hydrogen-bond acceptors (Lipinski definition) is 4. The van der Waals surface area contributed by atoms with E-state index in [1.54, 1.807) is 20.8 Å². The van der Waals surface area contributed by atoms with Gasteiger partial charge >= 0.3 is 5.97 Å². The van der Waals surface area contributed by atoms with Crippen molar-refractivity contribution >= 4 is 17.8 Å². The molecule has 1 aliphatic rings. The molecule has 1 heterocycles. The van der Waals surface area contributed by atoms with Crippen LogP contribution in [0.2, 0.25) is 0 Å². The van der Waals surface area contributed by atoms with Crippen molar-refractivity contribution < 1.29 is 19.1 Å². The van der Waals surface area contributed by atoms with E-state index in [1.807, 2.05) is 0 Å². The van der Waals surface area contributed by atoms with Crippen molar-refractivity contribution in [1.82, 2.24) is 10.0 Å². The maximum atomic E-state index is 12.0. The zero-order valence-corrected chi connectivity index (χ0v) is 11.8. The lowest BCUT2D eigenvalue weighted by Crippen LogP contribution is -2.60. The van der Waals surface area contributed by atoms with Crippen molar-refractivity contribution in [1.29, 1.82) is 0 Å². The molecule has 0 radical (unpaired) electrons. The summed E-state index contributed by atoms with van der Waals surface area (Å²) >= 11 is 0. The SMILES string of the molecule is CCOC(=O)C1CCCN(C(=O)CC)N1C(=O)CC. The molecule has 1 fully saturated rings. The van der Waals surface area contributed by atoms with E-state index in [9.17, 15) is 14.4 Å². The third-order valence-corrected chi connectivity index (χ3v) is 3.11. The summed E-state index contributed by atoms with van der Waals surface area (Å²) in [7, 11) is 0. The van der Waals surface area contributed by atoms with Gasteiger partial charge in [0.15, 0.2) is 6.04 Å². The molecule has 1 unspecified atom stereocenters. The highest BCUT2D eigenvalue weighted by molar-refractivity contribution is 5.87. The van der Waals surface area contributed by atoms with Gasteiger partial charge in [-0.1, -0.05) is 13.8 Å². The Morgan fingerprint density at radius 2 is 1.74 bits per heavy atom. The summed E-state index contributed by atoms with van der Waals surface area (Å²) in [5, 5.41) is 2.70. The van der Waals surface area contributed by atoms with Crippen molar-refractivity contribution in [3.05, 3.63) is 0 Å². The molecule has 19 heavy (non-hydrogen) atoms. The molecule has 0 spiro atoms. The summed E-state index contributed by atoms with van der Waals surface area (Å²) < 4.78 is 5.00. The molecule has 0 aromatic carbocycles. The standard InChI is InChI=1S/C13H22N2O4/c1-4-11(16)14-9-7-8-10(13(18)19-6-3)15(14)12(17)5-2/h10H,4-9H2,1-3H3. The summed E-state index contributed by atoms with van der Waals surface area (Å²) in [4.78, 5) is 35.9. The van der Waals surface area contributed by atoms with Crippen molar-refractivity contribution in [2.75, 3.05) is 13.2 Å². The molecule has 6 nitrogen and oxygen atoms in total. The van der Waals surface area contributed by atoms with Gasteiger partial charge in [-0.3, -0.25) is 14.6 Å². The molecule has 1 rings (SSSR count). The van der Waals surface area contributed by atoms with E-state index in [4.69, 9.17) is 4.74 Å². The average Bonchev–Trinajstić information content (AvgIpc) is 2.44. The van der Waals surface area contributed by atoms with Gasteiger partial charge in [0.2, 0.25) is 11.8 Å². The molecule has 108 valence electrons. The van der Waals surface area contributed by atoms with Crippen LogP contribution in [-0.2, 0) is 19.1 Å². The lowest BCUT2D eigenvalue weighted by atomic mass is 10.1. The van der Waals surface area contributed by atoms with Gasteiger partial charge in [0, 0.05) is 19.4 Å². The topological polar surface area (TPSA) is 66.9 Å². The molecule has 0 saturated carbocycles. The molecule has 1 atom stereocenters. The van der Waals surface area contributed by atoms with Gasteiger partial charge < -0.3 is 4.74 Å². The van der Waals surface area contributed by atoms with Gasteiger partial charge in [-0.25, -0.2) is 9.80 Å². The van der Waals surface area contributed by atoms with Crippen LogP contribution in [0.25, 0.3) is 0 Å². The summed E-state index contributed by atoms with van der Waals surface area (Å²) in [6, 6.07) is -0.670. The monoisotopic (exact) mass is 270 g/mol. The molecule has 0 aromatic rings. The van der Waals surface area contributed by atoms with Crippen molar-refractivity contribution in [2.24, 2.45) is 0 Å². The van der Waals surface area contributed by atoms with Gasteiger partial charge in [-0.2, -0.15) is 0 Å². The Kier molecular flexibility index (Phi) is 5.79. The lowest BCUT2D eigenvalue weighted by molar-refractivity contribution is -0.184. The van der Waals surface area contributed by atoms with Gasteiger partial charge in [-0.05, 0) is 19.8 Å². The van der Waals surface area contributed by atoms with E-state index in [0.717, 1.165) is 0 Å². The molecule has 1 aliphatic heterocycles. The van der Waals surface area contributed by atoms with Crippen LogP contribution < -0.4 is 0 Å². The number of ether oxygens (including phenoxy) is 1. The molecule has 0 bridgehead atoms. The van der Waals surface area contributed by atoms with Crippen LogP contribution in [0.3, 0.4) is 0 Å². The summed E-state index contributed by atoms with van der Waals surface area (Å²) in [6.45, 7) is 5.93. The number of hydrogen-bond donors (Lipinski definition) is 0. The van der Waals surface area contributed by atoms with E-state index in [1.165, 1.54) is 10.0 Å². The van der Waals surface area contributed by atoms with E-state index in [0.29, 0.717) is 25.8 Å². The van der Waals surface area contributed by atoms with Crippen LogP contribution in [-0.4, -0.2) is 47.0 Å². The molecule has 0 N–H and O–H groups in total. The first-order valence-corrected chi connectivity index (χ1v) is 6.85. The summed E-state index contributed by atoms with van der Waals surface area (Å²) in [5.74, 6) is -0.798. The molecule has 0 aliphatic carbocycles. The zero-order chi connectivity index (χ0) is 14.4. The van der Waals surface area contributed by atoms with Crippen molar-refractivity contribution in [3.8, 4) is 0 Å². The van der Waals surface area contributed by atoms with Gasteiger partial charge in [0.25, 0.3) is 0 Å². The smallest absolute Gasteiger partial charge is 0.330 e. The molecular formula is C13H22N2O4. The number of esters is 1. The molecule has 0 aromatic heterocycles. The third kappa shape index (κ3) is 3.45. The minimum atomic E-state index is -0.670. The highest BCUT2D eigenvalue weighted by Crippen LogP contribution is 2.21. The van der Waals surface area contributed by atoms with Gasteiger partial charge in [0.1, 0.15) is 0 Å². The number of carbonyl (C=O) groups is 3. The van der Waals surface area contributed by atoms with Crippen molar-refractivity contribution in [2.45, 2.75) is 52.5 Å². The quantitative estimate of drug-likeness (QED) is 0.718. The minimum Gasteiger partial charge on any atom is -0.464 e. The summed E-state index contributed by atoms with van der Waals surface area (Å²) in [6.07, 6.45) is 1.80. The Balaban J connectivity index is 2.97. The Labute approximate surface area is 113 Å². The number of hydrazine groups is 1. The second-order valence-corrected chi connectivity index (χ2v) is 4.37. The largest absolute Gasteiger partial charge is 0.464 e. The number of amides is 2. The first kappa shape index (κ1) is 15.5. The zero-order valence-electron chi connectivity index (χ0n) is 11.8. The van der Waals surface area contributed by atoms with Crippen LogP contribution in [0, 0.1) is 0 Å². The Bertz CT molecular complexity index is 357. The van der Waals surface area contributed by atoms with Crippen LogP contribution in [0.5, 0.6) is 0 Å². The Morgan fingerprint density at radius 1 is 1.11 bits per heavy atom. The van der Waals surface area contributed by atoms with Gasteiger partial charge in [0.05, 0.1) is 6.61 Å². The Morgan fingerprint density at radius 3 is 2.26 bits per heavy atom. The Hall–Kier alpha value is -1.59. The average molecular weight is 270 g/mol. The number of nitrogens with zero attached hydrogens (tertiary/aromatic N) is 2. The third-order valence-electron chi connectivity index (χ3n) is 3.11. The number of rotatable bonds is 4. The van der Waals surface area contributed by atoms with Gasteiger partial charge in [-0.15, -0.1) is 0 Å². The van der Waals surface area contributed by atoms with Crippen LogP contribution in [0.4, 0.5) is 0 Å². The normalized spacial score (nSPS) is 19.2. The molecule has 2 amide bonds. The predicted molar refractivity (Wildman–Crippen MR) is 68.8 cm³/mol. The number of carbonyl (C=O) groups excluding carboxylic acids is 3. The first-order valence-electron chi connectivity index (χ1n) is 6.85. The van der Waals surface area contributed by atoms with Crippen LogP contribution in [0.1, 0.15) is 46.5 Å². The second kappa shape index (κ2) is 7.11. The molecule has 6 heteroatoms. The van der Waals surface area contributed by atoms with Crippen molar-refractivity contribution in [3.63, 3.8) is 0 Å². The van der Waals surface area contributed by atoms with Crippen LogP contribution >= 0.6 is 0 Å². The molecule has 1 saturated heterocycles. The minimum absolute atomic E-state index is 0.143. The summed E-state index contributed by atoms with van der Waals surface area (Å²) in [5.41, 5.74) is 0. The van der Waals surface area contributed by atoms with Crippen LogP contribution in [0.15, 0.2) is 0 Å². The highest BCUT2D eigenvalue weighted by atomic mass is 16.5. The van der Waals surface area contributed by atoms with E-state index in [2.05, 4.69) is 0 Å².